The number of carbonyl (C=O) groups excluding carboxylic acids is 1. The number of carbonyl (C=O) groups is 1. The van der Waals surface area contributed by atoms with Crippen molar-refractivity contribution in [3.05, 3.63) is 69.2 Å². The van der Waals surface area contributed by atoms with Gasteiger partial charge in [-0.1, -0.05) is 41.4 Å². The minimum atomic E-state index is 0.0204. The van der Waals surface area contributed by atoms with Gasteiger partial charge in [0.05, 0.1) is 6.61 Å². The molecule has 2 rings (SSSR count). The SMILES string of the molecule is Cc1cc(C)c(C(=O)COCc2cccc(Cl)c2)c(C)c1. The Morgan fingerprint density at radius 1 is 1.10 bits per heavy atom. The molecule has 0 aromatic heterocycles. The number of halogens is 1. The molecule has 0 amide bonds. The Labute approximate surface area is 130 Å². The van der Waals surface area contributed by atoms with Gasteiger partial charge in [-0.3, -0.25) is 4.79 Å². The maximum atomic E-state index is 12.3. The molecule has 110 valence electrons. The number of aryl methyl sites for hydroxylation is 3. The first-order valence-corrected chi connectivity index (χ1v) is 7.28. The highest BCUT2D eigenvalue weighted by Gasteiger charge is 2.13. The van der Waals surface area contributed by atoms with Crippen molar-refractivity contribution in [3.63, 3.8) is 0 Å². The lowest BCUT2D eigenvalue weighted by Crippen LogP contribution is -2.12. The number of hydrogen-bond acceptors (Lipinski definition) is 2. The lowest BCUT2D eigenvalue weighted by atomic mass is 9.97. The van der Waals surface area contributed by atoms with Crippen LogP contribution in [0.5, 0.6) is 0 Å². The second kappa shape index (κ2) is 6.88. The molecule has 0 fully saturated rings. The smallest absolute Gasteiger partial charge is 0.189 e. The Kier molecular flexibility index (Phi) is 5.16. The fourth-order valence-corrected chi connectivity index (χ4v) is 2.79. The van der Waals surface area contributed by atoms with Gasteiger partial charge in [-0.15, -0.1) is 0 Å². The average Bonchev–Trinajstić information content (AvgIpc) is 2.37. The zero-order chi connectivity index (χ0) is 15.4. The normalized spacial score (nSPS) is 10.7. The first-order chi connectivity index (χ1) is 9.97. The van der Waals surface area contributed by atoms with Gasteiger partial charge in [-0.25, -0.2) is 0 Å². The van der Waals surface area contributed by atoms with Crippen LogP contribution >= 0.6 is 11.6 Å². The molecule has 0 heterocycles. The van der Waals surface area contributed by atoms with E-state index >= 15 is 0 Å². The molecule has 2 aromatic carbocycles. The van der Waals surface area contributed by atoms with E-state index in [0.29, 0.717) is 11.6 Å². The molecule has 0 atom stereocenters. The lowest BCUT2D eigenvalue weighted by Gasteiger charge is -2.11. The fourth-order valence-electron chi connectivity index (χ4n) is 2.58. The second-order valence-electron chi connectivity index (χ2n) is 5.32. The Hall–Kier alpha value is -1.64. The van der Waals surface area contributed by atoms with Crippen LogP contribution in [0.2, 0.25) is 5.02 Å². The van der Waals surface area contributed by atoms with Crippen molar-refractivity contribution in [1.82, 2.24) is 0 Å². The van der Waals surface area contributed by atoms with E-state index in [-0.39, 0.29) is 12.4 Å². The van der Waals surface area contributed by atoms with Crippen molar-refractivity contribution in [1.29, 1.82) is 0 Å². The van der Waals surface area contributed by atoms with Crippen LogP contribution in [0.15, 0.2) is 36.4 Å². The molecule has 2 aromatic rings. The Balaban J connectivity index is 1.99. The van der Waals surface area contributed by atoms with Crippen LogP contribution in [0.3, 0.4) is 0 Å². The van der Waals surface area contributed by atoms with Gasteiger partial charge in [0, 0.05) is 10.6 Å². The maximum Gasteiger partial charge on any atom is 0.189 e. The molecule has 0 saturated carbocycles. The van der Waals surface area contributed by atoms with Crippen molar-refractivity contribution >= 4 is 17.4 Å². The van der Waals surface area contributed by atoms with E-state index in [1.54, 1.807) is 0 Å². The van der Waals surface area contributed by atoms with E-state index in [2.05, 4.69) is 0 Å². The summed E-state index contributed by atoms with van der Waals surface area (Å²) in [5, 5.41) is 0.674. The van der Waals surface area contributed by atoms with Crippen LogP contribution in [0.4, 0.5) is 0 Å². The molecule has 0 aliphatic rings. The summed E-state index contributed by atoms with van der Waals surface area (Å²) in [4.78, 5) is 12.3. The monoisotopic (exact) mass is 302 g/mol. The minimum absolute atomic E-state index is 0.0204. The van der Waals surface area contributed by atoms with E-state index in [4.69, 9.17) is 16.3 Å². The van der Waals surface area contributed by atoms with Crippen molar-refractivity contribution < 1.29 is 9.53 Å². The highest BCUT2D eigenvalue weighted by molar-refractivity contribution is 6.30. The van der Waals surface area contributed by atoms with Gasteiger partial charge in [0.25, 0.3) is 0 Å². The highest BCUT2D eigenvalue weighted by Crippen LogP contribution is 2.17. The summed E-state index contributed by atoms with van der Waals surface area (Å²) in [6, 6.07) is 11.5. The van der Waals surface area contributed by atoms with Gasteiger partial charge in [-0.2, -0.15) is 0 Å². The van der Waals surface area contributed by atoms with Crippen LogP contribution in [0.25, 0.3) is 0 Å². The number of ketones is 1. The molecule has 3 heteroatoms. The summed E-state index contributed by atoms with van der Waals surface area (Å²) in [6.45, 7) is 6.42. The topological polar surface area (TPSA) is 26.3 Å². The summed E-state index contributed by atoms with van der Waals surface area (Å²) in [6.07, 6.45) is 0. The molecule has 0 aliphatic carbocycles. The zero-order valence-electron chi connectivity index (χ0n) is 12.6. The summed E-state index contributed by atoms with van der Waals surface area (Å²) in [5.41, 5.74) is 4.91. The third-order valence-corrected chi connectivity index (χ3v) is 3.58. The standard InChI is InChI=1S/C18H19ClO2/c1-12-7-13(2)18(14(3)8-12)17(20)11-21-10-15-5-4-6-16(19)9-15/h4-9H,10-11H2,1-3H3. The van der Waals surface area contributed by atoms with Crippen LogP contribution in [0.1, 0.15) is 32.6 Å². The van der Waals surface area contributed by atoms with Crippen LogP contribution in [-0.2, 0) is 11.3 Å². The molecule has 0 radical (unpaired) electrons. The zero-order valence-corrected chi connectivity index (χ0v) is 13.3. The minimum Gasteiger partial charge on any atom is -0.369 e. The second-order valence-corrected chi connectivity index (χ2v) is 5.76. The maximum absolute atomic E-state index is 12.3. The number of Topliss-reactive ketones (excluding diaryl/α,β-unsaturated/α-hetero) is 1. The summed E-state index contributed by atoms with van der Waals surface area (Å²) >= 11 is 5.92. The molecular formula is C18H19ClO2. The van der Waals surface area contributed by atoms with Gasteiger partial charge in [-0.05, 0) is 49.6 Å². The Morgan fingerprint density at radius 2 is 1.76 bits per heavy atom. The molecule has 0 spiro atoms. The van der Waals surface area contributed by atoms with Gasteiger partial charge >= 0.3 is 0 Å². The Bertz CT molecular complexity index is 639. The fraction of sp³-hybridized carbons (Fsp3) is 0.278. The average molecular weight is 303 g/mol. The third-order valence-electron chi connectivity index (χ3n) is 3.35. The van der Waals surface area contributed by atoms with Gasteiger partial charge < -0.3 is 4.74 Å². The molecule has 0 bridgehead atoms. The molecule has 21 heavy (non-hydrogen) atoms. The Morgan fingerprint density at radius 3 is 2.38 bits per heavy atom. The summed E-state index contributed by atoms with van der Waals surface area (Å²) in [5.74, 6) is 0.0204. The van der Waals surface area contributed by atoms with E-state index in [1.165, 1.54) is 5.56 Å². The largest absolute Gasteiger partial charge is 0.369 e. The molecule has 0 aliphatic heterocycles. The predicted octanol–water partition coefficient (Wildman–Crippen LogP) is 4.66. The molecular weight excluding hydrogens is 284 g/mol. The van der Waals surface area contributed by atoms with Crippen LogP contribution < -0.4 is 0 Å². The number of hydrogen-bond donors (Lipinski definition) is 0. The number of rotatable bonds is 5. The van der Waals surface area contributed by atoms with Gasteiger partial charge in [0.15, 0.2) is 5.78 Å². The third kappa shape index (κ3) is 4.16. The first kappa shape index (κ1) is 15.7. The van der Waals surface area contributed by atoms with E-state index in [0.717, 1.165) is 22.3 Å². The van der Waals surface area contributed by atoms with Crippen molar-refractivity contribution in [2.24, 2.45) is 0 Å². The lowest BCUT2D eigenvalue weighted by molar-refractivity contribution is 0.0725. The molecule has 0 unspecified atom stereocenters. The van der Waals surface area contributed by atoms with Crippen molar-refractivity contribution in [2.75, 3.05) is 6.61 Å². The van der Waals surface area contributed by atoms with Gasteiger partial charge in [0.1, 0.15) is 6.61 Å². The quantitative estimate of drug-likeness (QED) is 0.751. The molecule has 2 nitrogen and oxygen atoms in total. The number of benzene rings is 2. The predicted molar refractivity (Wildman–Crippen MR) is 86.1 cm³/mol. The molecule has 0 saturated heterocycles. The summed E-state index contributed by atoms with van der Waals surface area (Å²) in [7, 11) is 0. The highest BCUT2D eigenvalue weighted by atomic mass is 35.5. The first-order valence-electron chi connectivity index (χ1n) is 6.90. The van der Waals surface area contributed by atoms with Gasteiger partial charge in [0.2, 0.25) is 0 Å². The number of ether oxygens (including phenoxy) is 1. The van der Waals surface area contributed by atoms with E-state index < -0.39 is 0 Å². The van der Waals surface area contributed by atoms with E-state index in [1.807, 2.05) is 57.2 Å². The summed E-state index contributed by atoms with van der Waals surface area (Å²) < 4.78 is 5.52. The van der Waals surface area contributed by atoms with Crippen LogP contribution in [0, 0.1) is 20.8 Å². The molecule has 0 N–H and O–H groups in total. The van der Waals surface area contributed by atoms with Crippen molar-refractivity contribution in [3.8, 4) is 0 Å². The van der Waals surface area contributed by atoms with Crippen LogP contribution in [-0.4, -0.2) is 12.4 Å². The van der Waals surface area contributed by atoms with E-state index in [9.17, 15) is 4.79 Å². The van der Waals surface area contributed by atoms with Crippen molar-refractivity contribution in [2.45, 2.75) is 27.4 Å².